The molecule has 0 radical (unpaired) electrons. The molecule has 3 heteroatoms. The number of hydrogen-bond acceptors (Lipinski definition) is 2. The predicted molar refractivity (Wildman–Crippen MR) is 40.7 cm³/mol. The summed E-state index contributed by atoms with van der Waals surface area (Å²) >= 11 is 0. The smallest absolute Gasteiger partial charge is 0.0835 e. The fourth-order valence-corrected chi connectivity index (χ4v) is 0.339. The lowest BCUT2D eigenvalue weighted by Crippen LogP contribution is -2.36. The van der Waals surface area contributed by atoms with Gasteiger partial charge >= 0.3 is 0 Å². The highest BCUT2D eigenvalue weighted by molar-refractivity contribution is 5.54. The molecule has 0 bridgehead atoms. The van der Waals surface area contributed by atoms with Gasteiger partial charge in [0.1, 0.15) is 0 Å². The van der Waals surface area contributed by atoms with Crippen LogP contribution < -0.4 is 10.6 Å². The van der Waals surface area contributed by atoms with E-state index in [1.807, 2.05) is 20.9 Å². The summed E-state index contributed by atoms with van der Waals surface area (Å²) in [5.41, 5.74) is 0. The van der Waals surface area contributed by atoms with Crippen LogP contribution in [0.15, 0.2) is 4.99 Å². The molecular formula is C6H15N3. The largest absolute Gasteiger partial charge is 0.361 e. The van der Waals surface area contributed by atoms with Gasteiger partial charge < -0.3 is 10.6 Å². The maximum absolute atomic E-state index is 3.98. The third-order valence-electron chi connectivity index (χ3n) is 1.03. The van der Waals surface area contributed by atoms with Crippen molar-refractivity contribution in [3.8, 4) is 0 Å². The molecule has 0 saturated heterocycles. The van der Waals surface area contributed by atoms with E-state index in [0.29, 0.717) is 6.17 Å². The fraction of sp³-hybridized carbons (Fsp3) is 0.833. The van der Waals surface area contributed by atoms with Gasteiger partial charge in [0.05, 0.1) is 12.5 Å². The summed E-state index contributed by atoms with van der Waals surface area (Å²) < 4.78 is 0. The van der Waals surface area contributed by atoms with Gasteiger partial charge in [-0.1, -0.05) is 0 Å². The number of rotatable bonds is 4. The molecule has 0 spiro atoms. The van der Waals surface area contributed by atoms with Crippen LogP contribution in [0.4, 0.5) is 0 Å². The van der Waals surface area contributed by atoms with Crippen molar-refractivity contribution >= 4 is 6.34 Å². The second kappa shape index (κ2) is 5.56. The minimum atomic E-state index is 0.306. The molecule has 0 saturated carbocycles. The van der Waals surface area contributed by atoms with Crippen molar-refractivity contribution in [2.24, 2.45) is 4.99 Å². The Kier molecular flexibility index (Phi) is 5.21. The van der Waals surface area contributed by atoms with Crippen LogP contribution in [0.5, 0.6) is 0 Å². The van der Waals surface area contributed by atoms with E-state index in [4.69, 9.17) is 0 Å². The van der Waals surface area contributed by atoms with Crippen LogP contribution in [-0.4, -0.2) is 26.1 Å². The van der Waals surface area contributed by atoms with Crippen molar-refractivity contribution in [2.45, 2.75) is 20.0 Å². The van der Waals surface area contributed by atoms with E-state index in [9.17, 15) is 0 Å². The summed E-state index contributed by atoms with van der Waals surface area (Å²) in [6.07, 6.45) is 2.03. The van der Waals surface area contributed by atoms with Crippen LogP contribution in [0.25, 0.3) is 0 Å². The predicted octanol–water partition coefficient (Wildman–Crippen LogP) is 0.190. The lowest BCUT2D eigenvalue weighted by molar-refractivity contribution is 0.583. The Hall–Kier alpha value is -0.570. The fourth-order valence-electron chi connectivity index (χ4n) is 0.339. The summed E-state index contributed by atoms with van der Waals surface area (Å²) in [6, 6.07) is 0. The molecule has 1 atom stereocenters. The monoisotopic (exact) mass is 129 g/mol. The van der Waals surface area contributed by atoms with Crippen molar-refractivity contribution in [1.29, 1.82) is 0 Å². The Morgan fingerprint density at radius 3 is 2.78 bits per heavy atom. The van der Waals surface area contributed by atoms with Gasteiger partial charge in [0.2, 0.25) is 0 Å². The Balaban J connectivity index is 3.15. The van der Waals surface area contributed by atoms with Gasteiger partial charge in [-0.2, -0.15) is 0 Å². The Morgan fingerprint density at radius 1 is 1.67 bits per heavy atom. The zero-order chi connectivity index (χ0) is 7.11. The molecular weight excluding hydrogens is 114 g/mol. The Morgan fingerprint density at radius 2 is 2.33 bits per heavy atom. The van der Waals surface area contributed by atoms with Crippen molar-refractivity contribution in [2.75, 3.05) is 13.6 Å². The van der Waals surface area contributed by atoms with Crippen molar-refractivity contribution in [3.63, 3.8) is 0 Å². The van der Waals surface area contributed by atoms with Crippen LogP contribution in [0.2, 0.25) is 0 Å². The number of nitrogens with zero attached hydrogens (tertiary/aromatic N) is 1. The molecule has 0 aliphatic rings. The maximum Gasteiger partial charge on any atom is 0.0835 e. The van der Waals surface area contributed by atoms with E-state index in [1.165, 1.54) is 0 Å². The molecule has 0 aliphatic heterocycles. The average molecular weight is 129 g/mol. The van der Waals surface area contributed by atoms with Gasteiger partial charge in [-0.15, -0.1) is 0 Å². The van der Waals surface area contributed by atoms with Crippen LogP contribution >= 0.6 is 0 Å². The van der Waals surface area contributed by atoms with E-state index in [2.05, 4.69) is 15.6 Å². The highest BCUT2D eigenvalue weighted by Gasteiger charge is 1.87. The van der Waals surface area contributed by atoms with Crippen LogP contribution in [0, 0.1) is 0 Å². The van der Waals surface area contributed by atoms with Gasteiger partial charge in [0.15, 0.2) is 0 Å². The highest BCUT2D eigenvalue weighted by Crippen LogP contribution is 1.67. The molecule has 0 unspecified atom stereocenters. The topological polar surface area (TPSA) is 36.4 Å². The minimum absolute atomic E-state index is 0.306. The molecule has 9 heavy (non-hydrogen) atoms. The van der Waals surface area contributed by atoms with E-state index >= 15 is 0 Å². The van der Waals surface area contributed by atoms with Gasteiger partial charge in [-0.25, -0.2) is 0 Å². The van der Waals surface area contributed by atoms with Crippen LogP contribution in [-0.2, 0) is 0 Å². The molecule has 0 heterocycles. The first-order valence-corrected chi connectivity index (χ1v) is 3.22. The molecule has 0 rings (SSSR count). The van der Waals surface area contributed by atoms with Gasteiger partial charge in [0, 0.05) is 6.54 Å². The SMILES string of the molecule is CCN=CN[C@@H](C)NC. The molecule has 0 aromatic carbocycles. The van der Waals surface area contributed by atoms with Crippen LogP contribution in [0.1, 0.15) is 13.8 Å². The Bertz CT molecular complexity index is 80.4. The van der Waals surface area contributed by atoms with E-state index in [-0.39, 0.29) is 0 Å². The lowest BCUT2D eigenvalue weighted by atomic mass is 10.6. The second-order valence-corrected chi connectivity index (χ2v) is 1.80. The molecule has 0 aromatic heterocycles. The minimum Gasteiger partial charge on any atom is -0.361 e. The summed E-state index contributed by atoms with van der Waals surface area (Å²) in [6.45, 7) is 4.87. The lowest BCUT2D eigenvalue weighted by Gasteiger charge is -2.07. The molecule has 3 nitrogen and oxygen atoms in total. The first-order valence-electron chi connectivity index (χ1n) is 3.22. The van der Waals surface area contributed by atoms with Crippen molar-refractivity contribution < 1.29 is 0 Å². The van der Waals surface area contributed by atoms with Gasteiger partial charge in [-0.05, 0) is 20.9 Å². The zero-order valence-electron chi connectivity index (χ0n) is 6.31. The summed E-state index contributed by atoms with van der Waals surface area (Å²) in [5, 5.41) is 6.05. The molecule has 0 fully saturated rings. The normalized spacial score (nSPS) is 14.1. The van der Waals surface area contributed by atoms with Crippen molar-refractivity contribution in [1.82, 2.24) is 10.6 Å². The molecule has 0 aliphatic carbocycles. The second-order valence-electron chi connectivity index (χ2n) is 1.80. The summed E-state index contributed by atoms with van der Waals surface area (Å²) in [7, 11) is 1.90. The van der Waals surface area contributed by atoms with E-state index < -0.39 is 0 Å². The van der Waals surface area contributed by atoms with Crippen molar-refractivity contribution in [3.05, 3.63) is 0 Å². The standard InChI is InChI=1S/C6H15N3/c1-4-8-5-9-6(2)7-3/h5-7H,4H2,1-3H3,(H,8,9)/t6-/m0/s1. The highest BCUT2D eigenvalue weighted by atomic mass is 15.1. The number of aliphatic imine (C=N–C) groups is 1. The average Bonchev–Trinajstić information content (AvgIpc) is 1.89. The Labute approximate surface area is 56.6 Å². The third-order valence-corrected chi connectivity index (χ3v) is 1.03. The first kappa shape index (κ1) is 8.43. The zero-order valence-corrected chi connectivity index (χ0v) is 6.31. The van der Waals surface area contributed by atoms with Gasteiger partial charge in [-0.3, -0.25) is 4.99 Å². The summed E-state index contributed by atoms with van der Waals surface area (Å²) in [4.78, 5) is 3.98. The van der Waals surface area contributed by atoms with E-state index in [1.54, 1.807) is 6.34 Å². The maximum atomic E-state index is 3.98. The summed E-state index contributed by atoms with van der Waals surface area (Å²) in [5.74, 6) is 0. The molecule has 0 amide bonds. The van der Waals surface area contributed by atoms with E-state index in [0.717, 1.165) is 6.54 Å². The third kappa shape index (κ3) is 5.30. The number of nitrogens with one attached hydrogen (secondary N) is 2. The first-order chi connectivity index (χ1) is 4.31. The van der Waals surface area contributed by atoms with Crippen LogP contribution in [0.3, 0.4) is 0 Å². The molecule has 2 N–H and O–H groups in total. The molecule has 0 aromatic rings. The van der Waals surface area contributed by atoms with Gasteiger partial charge in [0.25, 0.3) is 0 Å². The number of hydrogen-bond donors (Lipinski definition) is 2. The quantitative estimate of drug-likeness (QED) is 0.323. The molecule has 54 valence electrons.